The fourth-order valence-electron chi connectivity index (χ4n) is 1.70. The van der Waals surface area contributed by atoms with Gasteiger partial charge < -0.3 is 9.80 Å². The Kier molecular flexibility index (Phi) is 2.94. The van der Waals surface area contributed by atoms with Crippen LogP contribution in [0.15, 0.2) is 24.3 Å². The molecule has 3 heteroatoms. The lowest BCUT2D eigenvalue weighted by Gasteiger charge is -2.38. The van der Waals surface area contributed by atoms with Crippen LogP contribution in [0.3, 0.4) is 0 Å². The van der Waals surface area contributed by atoms with Crippen molar-refractivity contribution in [3.63, 3.8) is 0 Å². The lowest BCUT2D eigenvalue weighted by molar-refractivity contribution is 0.344. The molecule has 1 aliphatic rings. The second-order valence-corrected chi connectivity index (χ2v) is 3.96. The van der Waals surface area contributed by atoms with Gasteiger partial charge in [0.15, 0.2) is 0 Å². The van der Waals surface area contributed by atoms with Crippen LogP contribution in [0.4, 0.5) is 5.69 Å². The quantitative estimate of drug-likeness (QED) is 0.655. The largest absolute Gasteiger partial charge is 0.456 e. The molecule has 0 spiro atoms. The van der Waals surface area contributed by atoms with Gasteiger partial charge in [-0.15, -0.1) is 0 Å². The highest BCUT2D eigenvalue weighted by Crippen LogP contribution is 2.25. The summed E-state index contributed by atoms with van der Waals surface area (Å²) < 4.78 is 0. The van der Waals surface area contributed by atoms with E-state index >= 15 is 0 Å². The molecule has 0 amide bonds. The zero-order valence-corrected chi connectivity index (χ0v) is 8.87. The SMILES string of the molecule is [CH2-]N1CCN(c2ccccc2Cl)CC1. The van der Waals surface area contributed by atoms with Gasteiger partial charge in [-0.1, -0.05) is 23.7 Å². The zero-order chi connectivity index (χ0) is 9.97. The first-order valence-corrected chi connectivity index (χ1v) is 5.20. The van der Waals surface area contributed by atoms with Crippen molar-refractivity contribution >= 4 is 17.3 Å². The van der Waals surface area contributed by atoms with Gasteiger partial charge in [0.1, 0.15) is 0 Å². The van der Waals surface area contributed by atoms with Crippen molar-refractivity contribution in [2.75, 3.05) is 31.1 Å². The lowest BCUT2D eigenvalue weighted by Crippen LogP contribution is -2.43. The Labute approximate surface area is 90.1 Å². The summed E-state index contributed by atoms with van der Waals surface area (Å²) in [5.41, 5.74) is 1.14. The summed E-state index contributed by atoms with van der Waals surface area (Å²) in [4.78, 5) is 4.40. The molecule has 0 saturated carbocycles. The molecule has 1 aromatic rings. The molecule has 0 N–H and O–H groups in total. The summed E-state index contributed by atoms with van der Waals surface area (Å²) in [5, 5.41) is 0.838. The summed E-state index contributed by atoms with van der Waals surface area (Å²) in [7, 11) is 3.92. The first kappa shape index (κ1) is 9.81. The minimum Gasteiger partial charge on any atom is -0.456 e. The van der Waals surface area contributed by atoms with E-state index < -0.39 is 0 Å². The van der Waals surface area contributed by atoms with Gasteiger partial charge in [0, 0.05) is 13.1 Å². The summed E-state index contributed by atoms with van der Waals surface area (Å²) >= 11 is 6.12. The molecule has 2 nitrogen and oxygen atoms in total. The Bertz CT molecular complexity index is 306. The van der Waals surface area contributed by atoms with Crippen LogP contribution in [-0.4, -0.2) is 31.1 Å². The number of rotatable bonds is 1. The average molecular weight is 210 g/mol. The monoisotopic (exact) mass is 209 g/mol. The maximum Gasteiger partial charge on any atom is 0.0639 e. The minimum absolute atomic E-state index is 0.838. The molecule has 76 valence electrons. The van der Waals surface area contributed by atoms with E-state index in [9.17, 15) is 0 Å². The fraction of sp³-hybridized carbons (Fsp3) is 0.364. The zero-order valence-electron chi connectivity index (χ0n) is 8.12. The number of hydrogen-bond acceptors (Lipinski definition) is 2. The van der Waals surface area contributed by atoms with Crippen molar-refractivity contribution in [1.29, 1.82) is 0 Å². The highest BCUT2D eigenvalue weighted by Gasteiger charge is 2.13. The predicted molar refractivity (Wildman–Crippen MR) is 60.6 cm³/mol. The van der Waals surface area contributed by atoms with Crippen molar-refractivity contribution < 1.29 is 0 Å². The molecule has 0 radical (unpaired) electrons. The molecular weight excluding hydrogens is 196 g/mol. The number of piperazine rings is 1. The van der Waals surface area contributed by atoms with Gasteiger partial charge in [-0.25, -0.2) is 0 Å². The summed E-state index contributed by atoms with van der Waals surface area (Å²) in [6, 6.07) is 8.00. The lowest BCUT2D eigenvalue weighted by atomic mass is 10.2. The van der Waals surface area contributed by atoms with Crippen molar-refractivity contribution in [3.05, 3.63) is 36.3 Å². The number of halogens is 1. The van der Waals surface area contributed by atoms with Gasteiger partial charge in [0.25, 0.3) is 0 Å². The Morgan fingerprint density at radius 1 is 1.07 bits per heavy atom. The van der Waals surface area contributed by atoms with E-state index in [1.54, 1.807) is 0 Å². The van der Waals surface area contributed by atoms with E-state index in [4.69, 9.17) is 11.6 Å². The molecule has 2 rings (SSSR count). The van der Waals surface area contributed by atoms with Crippen LogP contribution >= 0.6 is 11.6 Å². The number of nitrogens with zero attached hydrogens (tertiary/aromatic N) is 2. The van der Waals surface area contributed by atoms with Crippen LogP contribution in [0.25, 0.3) is 0 Å². The molecule has 14 heavy (non-hydrogen) atoms. The third kappa shape index (κ3) is 2.02. The molecule has 0 unspecified atom stereocenters. The van der Waals surface area contributed by atoms with E-state index in [1.807, 2.05) is 18.2 Å². The minimum atomic E-state index is 0.838. The van der Waals surface area contributed by atoms with Crippen molar-refractivity contribution in [3.8, 4) is 0 Å². The van der Waals surface area contributed by atoms with Crippen LogP contribution in [0.5, 0.6) is 0 Å². The average Bonchev–Trinajstić information content (AvgIpc) is 2.20. The second kappa shape index (κ2) is 4.20. The Morgan fingerprint density at radius 2 is 1.71 bits per heavy atom. The van der Waals surface area contributed by atoms with Crippen LogP contribution in [0.2, 0.25) is 5.02 Å². The van der Waals surface area contributed by atoms with E-state index in [-0.39, 0.29) is 0 Å². The third-order valence-corrected chi connectivity index (χ3v) is 2.89. The molecule has 0 aromatic heterocycles. The van der Waals surface area contributed by atoms with E-state index in [2.05, 4.69) is 22.9 Å². The highest BCUT2D eigenvalue weighted by atomic mass is 35.5. The van der Waals surface area contributed by atoms with Gasteiger partial charge in [-0.2, -0.15) is 0 Å². The molecule has 1 aromatic carbocycles. The van der Waals surface area contributed by atoms with E-state index in [0.29, 0.717) is 0 Å². The van der Waals surface area contributed by atoms with Gasteiger partial charge in [-0.05, 0) is 25.2 Å². The Hall–Kier alpha value is -0.730. The van der Waals surface area contributed by atoms with Crippen LogP contribution in [0, 0.1) is 7.05 Å². The van der Waals surface area contributed by atoms with E-state index in [1.165, 1.54) is 0 Å². The molecule has 0 atom stereocenters. The van der Waals surface area contributed by atoms with Crippen molar-refractivity contribution in [2.45, 2.75) is 0 Å². The highest BCUT2D eigenvalue weighted by molar-refractivity contribution is 6.33. The molecule has 1 aliphatic heterocycles. The number of anilines is 1. The van der Waals surface area contributed by atoms with Gasteiger partial charge in [0.2, 0.25) is 0 Å². The van der Waals surface area contributed by atoms with E-state index in [0.717, 1.165) is 36.9 Å². The molecule has 1 fully saturated rings. The first-order chi connectivity index (χ1) is 6.77. The maximum absolute atomic E-state index is 6.12. The van der Waals surface area contributed by atoms with Crippen LogP contribution in [-0.2, 0) is 0 Å². The van der Waals surface area contributed by atoms with Crippen LogP contribution in [0.1, 0.15) is 0 Å². The topological polar surface area (TPSA) is 6.48 Å². The fourth-order valence-corrected chi connectivity index (χ4v) is 1.95. The third-order valence-electron chi connectivity index (χ3n) is 2.57. The van der Waals surface area contributed by atoms with Gasteiger partial charge in [-0.3, -0.25) is 7.05 Å². The number of para-hydroxylation sites is 1. The smallest absolute Gasteiger partial charge is 0.0639 e. The molecule has 0 aliphatic carbocycles. The van der Waals surface area contributed by atoms with Crippen LogP contribution < -0.4 is 4.90 Å². The molecular formula is C11H14ClN2-. The van der Waals surface area contributed by atoms with Crippen molar-refractivity contribution in [1.82, 2.24) is 4.90 Å². The van der Waals surface area contributed by atoms with Gasteiger partial charge >= 0.3 is 0 Å². The standard InChI is InChI=1S/C11H14ClN2/c1-13-6-8-14(9-7-13)11-5-3-2-4-10(11)12/h2-5H,1,6-9H2/q-1. The Morgan fingerprint density at radius 3 is 2.36 bits per heavy atom. The summed E-state index contributed by atoms with van der Waals surface area (Å²) in [6.07, 6.45) is 0. The molecule has 0 bridgehead atoms. The number of hydrogen-bond donors (Lipinski definition) is 0. The maximum atomic E-state index is 6.12. The normalized spacial score (nSPS) is 18.6. The number of benzene rings is 1. The second-order valence-electron chi connectivity index (χ2n) is 3.56. The van der Waals surface area contributed by atoms with Gasteiger partial charge in [0.05, 0.1) is 10.7 Å². The Balaban J connectivity index is 2.12. The molecule has 1 heterocycles. The summed E-state index contributed by atoms with van der Waals surface area (Å²) in [5.74, 6) is 0. The van der Waals surface area contributed by atoms with Crippen molar-refractivity contribution in [2.24, 2.45) is 0 Å². The molecule has 1 saturated heterocycles. The predicted octanol–water partition coefficient (Wildman–Crippen LogP) is 2.25. The summed E-state index contributed by atoms with van der Waals surface area (Å²) in [6.45, 7) is 4.02. The first-order valence-electron chi connectivity index (χ1n) is 4.82.